The lowest BCUT2D eigenvalue weighted by Crippen LogP contribution is -2.42. The Hall–Kier alpha value is -1.31. The van der Waals surface area contributed by atoms with E-state index in [1.807, 2.05) is 0 Å². The molecule has 0 saturated carbocycles. The molecule has 1 saturated heterocycles. The van der Waals surface area contributed by atoms with Gasteiger partial charge in [0.25, 0.3) is 0 Å². The van der Waals surface area contributed by atoms with Crippen molar-refractivity contribution in [3.05, 3.63) is 5.28 Å². The summed E-state index contributed by atoms with van der Waals surface area (Å²) in [5.74, 6) is -1.37. The van der Waals surface area contributed by atoms with E-state index in [1.54, 1.807) is 0 Å². The Morgan fingerprint density at radius 2 is 2.00 bits per heavy atom. The summed E-state index contributed by atoms with van der Waals surface area (Å²) in [4.78, 5) is 12.6. The van der Waals surface area contributed by atoms with Gasteiger partial charge in [-0.2, -0.15) is 28.1 Å². The lowest BCUT2D eigenvalue weighted by atomic mass is 9.98. The first-order valence-corrected chi connectivity index (χ1v) is 5.73. The summed E-state index contributed by atoms with van der Waals surface area (Å²) in [5, 5.41) is -0.119. The van der Waals surface area contributed by atoms with Crippen LogP contribution in [0, 0.1) is 5.92 Å². The van der Waals surface area contributed by atoms with E-state index in [2.05, 4.69) is 15.0 Å². The first kappa shape index (κ1) is 13.1. The van der Waals surface area contributed by atoms with Crippen LogP contribution < -0.4 is 10.6 Å². The second-order valence-corrected chi connectivity index (χ2v) is 4.43. The quantitative estimate of drug-likeness (QED) is 0.851. The number of aromatic nitrogens is 3. The molecule has 1 aliphatic rings. The summed E-state index contributed by atoms with van der Waals surface area (Å²) in [7, 11) is 0. The zero-order chi connectivity index (χ0) is 13.3. The molecule has 100 valence electrons. The average Bonchev–Trinajstić information content (AvgIpc) is 2.27. The molecule has 2 N–H and O–H groups in total. The molecular weight excluding hydrogens is 271 g/mol. The first-order chi connectivity index (χ1) is 8.36. The molecule has 1 fully saturated rings. The molecule has 5 nitrogen and oxygen atoms in total. The zero-order valence-electron chi connectivity index (χ0n) is 9.28. The van der Waals surface area contributed by atoms with Crippen LogP contribution in [0.4, 0.5) is 25.1 Å². The minimum atomic E-state index is -4.21. The van der Waals surface area contributed by atoms with Gasteiger partial charge < -0.3 is 10.6 Å². The molecule has 0 bridgehead atoms. The second-order valence-electron chi connectivity index (χ2n) is 4.09. The number of hydrogen-bond acceptors (Lipinski definition) is 5. The highest BCUT2D eigenvalue weighted by Gasteiger charge is 2.42. The molecule has 0 radical (unpaired) electrons. The third-order valence-electron chi connectivity index (χ3n) is 2.78. The van der Waals surface area contributed by atoms with Crippen LogP contribution in [0.5, 0.6) is 0 Å². The van der Waals surface area contributed by atoms with Gasteiger partial charge in [0.05, 0.1) is 5.92 Å². The van der Waals surface area contributed by atoms with E-state index in [9.17, 15) is 13.2 Å². The van der Waals surface area contributed by atoms with Crippen molar-refractivity contribution in [1.29, 1.82) is 0 Å². The van der Waals surface area contributed by atoms with Gasteiger partial charge in [-0.15, -0.1) is 0 Å². The highest BCUT2D eigenvalue weighted by Crippen LogP contribution is 2.34. The number of piperidine rings is 1. The summed E-state index contributed by atoms with van der Waals surface area (Å²) in [5.41, 5.74) is 5.39. The fraction of sp³-hybridized carbons (Fsp3) is 0.667. The Morgan fingerprint density at radius 3 is 2.61 bits per heavy atom. The molecule has 0 amide bonds. The number of anilines is 2. The van der Waals surface area contributed by atoms with Gasteiger partial charge in [-0.25, -0.2) is 0 Å². The summed E-state index contributed by atoms with van der Waals surface area (Å²) in [6.07, 6.45) is -3.66. The van der Waals surface area contributed by atoms with Crippen LogP contribution in [-0.2, 0) is 0 Å². The third kappa shape index (κ3) is 2.92. The minimum absolute atomic E-state index is 0.0980. The predicted molar refractivity (Wildman–Crippen MR) is 60.2 cm³/mol. The zero-order valence-corrected chi connectivity index (χ0v) is 10.0. The lowest BCUT2D eigenvalue weighted by Gasteiger charge is -2.33. The summed E-state index contributed by atoms with van der Waals surface area (Å²) in [6, 6.07) is 0. The molecule has 1 aliphatic heterocycles. The van der Waals surface area contributed by atoms with Crippen molar-refractivity contribution in [3.8, 4) is 0 Å². The van der Waals surface area contributed by atoms with Crippen LogP contribution >= 0.6 is 11.6 Å². The van der Waals surface area contributed by atoms with Crippen molar-refractivity contribution in [2.24, 2.45) is 5.92 Å². The Labute approximate surface area is 106 Å². The van der Waals surface area contributed by atoms with E-state index in [4.69, 9.17) is 17.3 Å². The van der Waals surface area contributed by atoms with Gasteiger partial charge in [0.15, 0.2) is 0 Å². The fourth-order valence-electron chi connectivity index (χ4n) is 1.92. The van der Waals surface area contributed by atoms with Gasteiger partial charge in [0.2, 0.25) is 17.2 Å². The van der Waals surface area contributed by atoms with Crippen LogP contribution in [0.25, 0.3) is 0 Å². The molecule has 1 aromatic rings. The molecule has 0 aromatic carbocycles. The molecule has 1 unspecified atom stereocenters. The van der Waals surface area contributed by atoms with Crippen LogP contribution in [0.3, 0.4) is 0 Å². The normalized spacial score (nSPS) is 21.1. The maximum atomic E-state index is 12.7. The summed E-state index contributed by atoms with van der Waals surface area (Å²) in [6.45, 7) is 0.273. The Morgan fingerprint density at radius 1 is 1.28 bits per heavy atom. The molecule has 1 atom stereocenters. The third-order valence-corrected chi connectivity index (χ3v) is 2.95. The SMILES string of the molecule is Nc1nc(Cl)nc(N2CCCC(C(F)(F)F)C2)n1. The maximum absolute atomic E-state index is 12.7. The lowest BCUT2D eigenvalue weighted by molar-refractivity contribution is -0.176. The van der Waals surface area contributed by atoms with E-state index in [0.717, 1.165) is 0 Å². The van der Waals surface area contributed by atoms with Crippen LogP contribution in [0.2, 0.25) is 5.28 Å². The predicted octanol–water partition coefficient (Wildman–Crippen LogP) is 1.89. The Bertz CT molecular complexity index is 418. The molecule has 0 aliphatic carbocycles. The molecule has 1 aromatic heterocycles. The Balaban J connectivity index is 2.18. The van der Waals surface area contributed by atoms with E-state index >= 15 is 0 Å². The van der Waals surface area contributed by atoms with Crippen LogP contribution in [0.1, 0.15) is 12.8 Å². The van der Waals surface area contributed by atoms with Crippen molar-refractivity contribution >= 4 is 23.5 Å². The molecule has 9 heteroatoms. The summed E-state index contributed by atoms with van der Waals surface area (Å²) < 4.78 is 38.0. The van der Waals surface area contributed by atoms with Crippen molar-refractivity contribution in [2.45, 2.75) is 19.0 Å². The number of nitrogens with zero attached hydrogens (tertiary/aromatic N) is 4. The minimum Gasteiger partial charge on any atom is -0.368 e. The van der Waals surface area contributed by atoms with Gasteiger partial charge in [-0.1, -0.05) is 0 Å². The van der Waals surface area contributed by atoms with Crippen molar-refractivity contribution < 1.29 is 13.2 Å². The van der Waals surface area contributed by atoms with Gasteiger partial charge >= 0.3 is 6.18 Å². The van der Waals surface area contributed by atoms with E-state index in [0.29, 0.717) is 13.0 Å². The smallest absolute Gasteiger partial charge is 0.368 e. The van der Waals surface area contributed by atoms with Gasteiger partial charge in [0, 0.05) is 13.1 Å². The monoisotopic (exact) mass is 281 g/mol. The van der Waals surface area contributed by atoms with Crippen LogP contribution in [-0.4, -0.2) is 34.2 Å². The van der Waals surface area contributed by atoms with E-state index in [-0.39, 0.29) is 30.1 Å². The molecular formula is C9H11ClF3N5. The molecule has 0 spiro atoms. The highest BCUT2D eigenvalue weighted by atomic mass is 35.5. The number of nitrogens with two attached hydrogens (primary N) is 1. The van der Waals surface area contributed by atoms with Crippen molar-refractivity contribution in [3.63, 3.8) is 0 Å². The largest absolute Gasteiger partial charge is 0.393 e. The molecule has 2 rings (SSSR count). The topological polar surface area (TPSA) is 67.9 Å². The highest BCUT2D eigenvalue weighted by molar-refractivity contribution is 6.28. The number of alkyl halides is 3. The Kier molecular flexibility index (Phi) is 3.47. The maximum Gasteiger partial charge on any atom is 0.393 e. The number of nitrogen functional groups attached to an aromatic ring is 1. The number of hydrogen-bond donors (Lipinski definition) is 1. The van der Waals surface area contributed by atoms with Gasteiger partial charge in [-0.3, -0.25) is 0 Å². The van der Waals surface area contributed by atoms with E-state index < -0.39 is 12.1 Å². The number of rotatable bonds is 1. The van der Waals surface area contributed by atoms with Crippen LogP contribution in [0.15, 0.2) is 0 Å². The molecule has 2 heterocycles. The standard InChI is InChI=1S/C9H11ClF3N5/c10-6-15-7(14)17-8(16-6)18-3-1-2-5(4-18)9(11,12)13/h5H,1-4H2,(H2,14,15,16,17). The molecule has 18 heavy (non-hydrogen) atoms. The van der Waals surface area contributed by atoms with Crippen molar-refractivity contribution in [2.75, 3.05) is 23.7 Å². The average molecular weight is 282 g/mol. The fourth-order valence-corrected chi connectivity index (χ4v) is 2.08. The summed E-state index contributed by atoms with van der Waals surface area (Å²) >= 11 is 5.60. The second kappa shape index (κ2) is 4.75. The van der Waals surface area contributed by atoms with Gasteiger partial charge in [-0.05, 0) is 24.4 Å². The van der Waals surface area contributed by atoms with Gasteiger partial charge in [0.1, 0.15) is 0 Å². The van der Waals surface area contributed by atoms with Crippen molar-refractivity contribution in [1.82, 2.24) is 15.0 Å². The number of halogens is 4. The van der Waals surface area contributed by atoms with E-state index in [1.165, 1.54) is 4.90 Å². The first-order valence-electron chi connectivity index (χ1n) is 5.35.